The van der Waals surface area contributed by atoms with Gasteiger partial charge in [-0.15, -0.1) is 11.3 Å². The molecule has 0 spiro atoms. The quantitative estimate of drug-likeness (QED) is 0.758. The Balaban J connectivity index is 2.34. The third-order valence-corrected chi connectivity index (χ3v) is 2.83. The van der Waals surface area contributed by atoms with Gasteiger partial charge in [-0.05, 0) is 24.9 Å². The Hall–Kier alpha value is -0.870. The number of esters is 1. The van der Waals surface area contributed by atoms with Gasteiger partial charge in [0.1, 0.15) is 12.6 Å². The fourth-order valence-corrected chi connectivity index (χ4v) is 1.74. The van der Waals surface area contributed by atoms with Crippen LogP contribution in [0.15, 0.2) is 17.5 Å². The molecule has 14 heavy (non-hydrogen) atoms. The van der Waals surface area contributed by atoms with Gasteiger partial charge in [-0.25, -0.2) is 0 Å². The van der Waals surface area contributed by atoms with Gasteiger partial charge in [0, 0.05) is 4.88 Å². The van der Waals surface area contributed by atoms with Crippen LogP contribution in [0, 0.1) is 0 Å². The predicted octanol–water partition coefficient (Wildman–Crippen LogP) is 1.79. The number of ether oxygens (including phenoxy) is 1. The van der Waals surface area contributed by atoms with Crippen molar-refractivity contribution in [1.29, 1.82) is 0 Å². The molecule has 1 unspecified atom stereocenters. The molecule has 0 fully saturated rings. The van der Waals surface area contributed by atoms with Crippen LogP contribution < -0.4 is 5.32 Å². The molecular formula is C10H15NO2S. The highest BCUT2D eigenvalue weighted by atomic mass is 32.1. The van der Waals surface area contributed by atoms with Crippen LogP contribution in [-0.4, -0.2) is 19.1 Å². The van der Waals surface area contributed by atoms with Crippen LogP contribution >= 0.6 is 11.3 Å². The monoisotopic (exact) mass is 213 g/mol. The average Bonchev–Trinajstić information content (AvgIpc) is 2.69. The van der Waals surface area contributed by atoms with Crippen molar-refractivity contribution in [2.45, 2.75) is 26.0 Å². The molecule has 1 rings (SSSR count). The maximum atomic E-state index is 11.4. The Morgan fingerprint density at radius 3 is 3.00 bits per heavy atom. The van der Waals surface area contributed by atoms with Crippen LogP contribution in [0.5, 0.6) is 0 Å². The Kier molecular flexibility index (Phi) is 4.62. The van der Waals surface area contributed by atoms with Crippen molar-refractivity contribution in [2.75, 3.05) is 7.05 Å². The van der Waals surface area contributed by atoms with E-state index in [1.165, 1.54) is 0 Å². The zero-order chi connectivity index (χ0) is 10.4. The van der Waals surface area contributed by atoms with Crippen LogP contribution in [0.4, 0.5) is 0 Å². The summed E-state index contributed by atoms with van der Waals surface area (Å²) in [5.74, 6) is -0.177. The number of carbonyl (C=O) groups is 1. The summed E-state index contributed by atoms with van der Waals surface area (Å²) in [5.41, 5.74) is 0. The van der Waals surface area contributed by atoms with Gasteiger partial charge in [-0.2, -0.15) is 0 Å². The molecule has 0 bridgehead atoms. The molecule has 3 nitrogen and oxygen atoms in total. The molecule has 1 N–H and O–H groups in total. The third-order valence-electron chi connectivity index (χ3n) is 1.98. The van der Waals surface area contributed by atoms with Gasteiger partial charge in [-0.3, -0.25) is 4.79 Å². The largest absolute Gasteiger partial charge is 0.459 e. The Morgan fingerprint density at radius 1 is 1.71 bits per heavy atom. The second-order valence-electron chi connectivity index (χ2n) is 2.94. The molecule has 1 aromatic rings. The van der Waals surface area contributed by atoms with Gasteiger partial charge in [0.05, 0.1) is 0 Å². The summed E-state index contributed by atoms with van der Waals surface area (Å²) in [4.78, 5) is 12.5. The summed E-state index contributed by atoms with van der Waals surface area (Å²) in [6.45, 7) is 2.34. The number of hydrogen-bond acceptors (Lipinski definition) is 4. The zero-order valence-electron chi connectivity index (χ0n) is 8.45. The van der Waals surface area contributed by atoms with Gasteiger partial charge >= 0.3 is 5.97 Å². The van der Waals surface area contributed by atoms with Crippen LogP contribution in [-0.2, 0) is 16.1 Å². The van der Waals surface area contributed by atoms with Crippen molar-refractivity contribution in [3.8, 4) is 0 Å². The summed E-state index contributed by atoms with van der Waals surface area (Å²) >= 11 is 1.59. The fraction of sp³-hybridized carbons (Fsp3) is 0.500. The van der Waals surface area contributed by atoms with E-state index in [0.717, 1.165) is 11.3 Å². The minimum Gasteiger partial charge on any atom is -0.459 e. The van der Waals surface area contributed by atoms with E-state index in [2.05, 4.69) is 5.32 Å². The van der Waals surface area contributed by atoms with Gasteiger partial charge in [0.25, 0.3) is 0 Å². The van der Waals surface area contributed by atoms with Crippen molar-refractivity contribution in [2.24, 2.45) is 0 Å². The molecule has 0 aliphatic carbocycles. The molecule has 0 amide bonds. The Morgan fingerprint density at radius 2 is 2.50 bits per heavy atom. The first kappa shape index (κ1) is 11.2. The van der Waals surface area contributed by atoms with Crippen molar-refractivity contribution >= 4 is 17.3 Å². The maximum Gasteiger partial charge on any atom is 0.323 e. The molecule has 0 aliphatic heterocycles. The maximum absolute atomic E-state index is 11.4. The standard InChI is InChI=1S/C10H15NO2S/c1-3-9(11-2)10(12)13-7-8-5-4-6-14-8/h4-6,9,11H,3,7H2,1-2H3. The van der Waals surface area contributed by atoms with Crippen LogP contribution in [0.25, 0.3) is 0 Å². The highest BCUT2D eigenvalue weighted by Gasteiger charge is 2.15. The first-order valence-electron chi connectivity index (χ1n) is 4.64. The predicted molar refractivity (Wildman–Crippen MR) is 57.3 cm³/mol. The Labute approximate surface area is 88.1 Å². The van der Waals surface area contributed by atoms with E-state index in [4.69, 9.17) is 4.74 Å². The third kappa shape index (κ3) is 3.12. The van der Waals surface area contributed by atoms with E-state index >= 15 is 0 Å². The van der Waals surface area contributed by atoms with Gasteiger partial charge in [0.15, 0.2) is 0 Å². The fourth-order valence-electron chi connectivity index (χ4n) is 1.13. The topological polar surface area (TPSA) is 38.3 Å². The summed E-state index contributed by atoms with van der Waals surface area (Å²) < 4.78 is 5.14. The molecule has 4 heteroatoms. The second-order valence-corrected chi connectivity index (χ2v) is 3.97. The zero-order valence-corrected chi connectivity index (χ0v) is 9.26. The molecular weight excluding hydrogens is 198 g/mol. The van der Waals surface area contributed by atoms with Crippen LogP contribution in [0.1, 0.15) is 18.2 Å². The average molecular weight is 213 g/mol. The lowest BCUT2D eigenvalue weighted by molar-refractivity contribution is -0.147. The summed E-state index contributed by atoms with van der Waals surface area (Å²) in [7, 11) is 1.76. The van der Waals surface area contributed by atoms with Crippen molar-refractivity contribution < 1.29 is 9.53 Å². The van der Waals surface area contributed by atoms with Gasteiger partial charge in [-0.1, -0.05) is 13.0 Å². The highest BCUT2D eigenvalue weighted by Crippen LogP contribution is 2.10. The summed E-state index contributed by atoms with van der Waals surface area (Å²) in [6, 6.07) is 3.72. The van der Waals surface area contributed by atoms with E-state index in [1.807, 2.05) is 24.4 Å². The lowest BCUT2D eigenvalue weighted by Crippen LogP contribution is -2.34. The normalized spacial score (nSPS) is 12.4. The van der Waals surface area contributed by atoms with E-state index in [9.17, 15) is 4.79 Å². The number of likely N-dealkylation sites (N-methyl/N-ethyl adjacent to an activating group) is 1. The summed E-state index contributed by atoms with van der Waals surface area (Å²) in [6.07, 6.45) is 0.750. The summed E-state index contributed by atoms with van der Waals surface area (Å²) in [5, 5.41) is 4.88. The number of thiophene rings is 1. The number of rotatable bonds is 5. The molecule has 0 aliphatic rings. The van der Waals surface area contributed by atoms with Crippen molar-refractivity contribution in [3.05, 3.63) is 22.4 Å². The lowest BCUT2D eigenvalue weighted by atomic mass is 10.2. The van der Waals surface area contributed by atoms with E-state index < -0.39 is 0 Å². The SMILES string of the molecule is CCC(NC)C(=O)OCc1cccs1. The van der Waals surface area contributed by atoms with Gasteiger partial charge in [0.2, 0.25) is 0 Å². The van der Waals surface area contributed by atoms with Crippen LogP contribution in [0.3, 0.4) is 0 Å². The lowest BCUT2D eigenvalue weighted by Gasteiger charge is -2.12. The first-order chi connectivity index (χ1) is 6.77. The van der Waals surface area contributed by atoms with E-state index in [1.54, 1.807) is 18.4 Å². The molecule has 0 aromatic carbocycles. The molecule has 1 aromatic heterocycles. The first-order valence-corrected chi connectivity index (χ1v) is 5.52. The number of hydrogen-bond donors (Lipinski definition) is 1. The highest BCUT2D eigenvalue weighted by molar-refractivity contribution is 7.09. The molecule has 1 atom stereocenters. The second kappa shape index (κ2) is 5.78. The number of carbonyl (C=O) groups excluding carboxylic acids is 1. The van der Waals surface area contributed by atoms with Crippen molar-refractivity contribution in [3.63, 3.8) is 0 Å². The minimum atomic E-state index is -0.185. The Bertz CT molecular complexity index is 268. The number of nitrogens with one attached hydrogen (secondary N) is 1. The molecule has 0 radical (unpaired) electrons. The van der Waals surface area contributed by atoms with Crippen LogP contribution in [0.2, 0.25) is 0 Å². The minimum absolute atomic E-state index is 0.177. The molecule has 1 heterocycles. The molecule has 78 valence electrons. The van der Waals surface area contributed by atoms with E-state index in [0.29, 0.717) is 6.61 Å². The molecule has 0 saturated carbocycles. The van der Waals surface area contributed by atoms with Gasteiger partial charge < -0.3 is 10.1 Å². The smallest absolute Gasteiger partial charge is 0.323 e. The molecule has 0 saturated heterocycles. The van der Waals surface area contributed by atoms with Crippen molar-refractivity contribution in [1.82, 2.24) is 5.32 Å². The van der Waals surface area contributed by atoms with E-state index in [-0.39, 0.29) is 12.0 Å².